The number of ether oxygens (including phenoxy) is 1. The number of hydrogen-bond acceptors (Lipinski definition) is 5. The Kier molecular flexibility index (Phi) is 4.06. The van der Waals surface area contributed by atoms with Gasteiger partial charge in [0, 0.05) is 18.0 Å². The Bertz CT molecular complexity index is 541. The van der Waals surface area contributed by atoms with E-state index < -0.39 is 0 Å². The van der Waals surface area contributed by atoms with Gasteiger partial charge in [-0.15, -0.1) is 10.2 Å². The molecule has 2 aromatic heterocycles. The van der Waals surface area contributed by atoms with Crippen LogP contribution < -0.4 is 0 Å². The molecule has 0 bridgehead atoms. The van der Waals surface area contributed by atoms with Crippen LogP contribution in [0, 0.1) is 5.92 Å². The Balaban J connectivity index is 1.58. The van der Waals surface area contributed by atoms with Gasteiger partial charge in [-0.25, -0.2) is 0 Å². The molecule has 1 saturated carbocycles. The molecule has 2 aromatic rings. The van der Waals surface area contributed by atoms with Crippen LogP contribution in [0.25, 0.3) is 11.5 Å². The predicted molar refractivity (Wildman–Crippen MR) is 73.7 cm³/mol. The van der Waals surface area contributed by atoms with Crippen LogP contribution in [0.5, 0.6) is 0 Å². The zero-order valence-corrected chi connectivity index (χ0v) is 11.7. The van der Waals surface area contributed by atoms with Crippen molar-refractivity contribution in [3.63, 3.8) is 0 Å². The van der Waals surface area contributed by atoms with Gasteiger partial charge >= 0.3 is 0 Å². The molecular weight excluding hydrogens is 254 g/mol. The van der Waals surface area contributed by atoms with Crippen LogP contribution in [0.1, 0.15) is 38.5 Å². The summed E-state index contributed by atoms with van der Waals surface area (Å²) in [7, 11) is 0. The fourth-order valence-corrected chi connectivity index (χ4v) is 2.64. The van der Waals surface area contributed by atoms with E-state index >= 15 is 0 Å². The molecule has 1 aliphatic carbocycles. The molecule has 0 aliphatic heterocycles. The van der Waals surface area contributed by atoms with Gasteiger partial charge in [0.2, 0.25) is 11.8 Å². The van der Waals surface area contributed by atoms with E-state index in [2.05, 4.69) is 22.1 Å². The van der Waals surface area contributed by atoms with Gasteiger partial charge in [0.25, 0.3) is 0 Å². The number of rotatable bonds is 4. The zero-order valence-electron chi connectivity index (χ0n) is 11.7. The topological polar surface area (TPSA) is 61.0 Å². The van der Waals surface area contributed by atoms with E-state index in [0.717, 1.165) is 24.3 Å². The van der Waals surface area contributed by atoms with Crippen LogP contribution >= 0.6 is 0 Å². The first kappa shape index (κ1) is 13.2. The van der Waals surface area contributed by atoms with Crippen LogP contribution in [0.15, 0.2) is 28.9 Å². The minimum Gasteiger partial charge on any atom is -0.418 e. The van der Waals surface area contributed by atoms with Crippen molar-refractivity contribution in [1.82, 2.24) is 15.2 Å². The zero-order chi connectivity index (χ0) is 13.8. The lowest BCUT2D eigenvalue weighted by atomic mass is 9.89. The summed E-state index contributed by atoms with van der Waals surface area (Å²) in [5.41, 5.74) is 0.880. The van der Waals surface area contributed by atoms with Crippen molar-refractivity contribution in [2.75, 3.05) is 0 Å². The monoisotopic (exact) mass is 273 g/mol. The van der Waals surface area contributed by atoms with Crippen molar-refractivity contribution >= 4 is 0 Å². The summed E-state index contributed by atoms with van der Waals surface area (Å²) in [4.78, 5) is 3.97. The molecule has 3 rings (SSSR count). The van der Waals surface area contributed by atoms with Gasteiger partial charge in [0.1, 0.15) is 6.61 Å². The van der Waals surface area contributed by atoms with E-state index in [1.807, 2.05) is 12.1 Å². The first-order chi connectivity index (χ1) is 9.81. The third kappa shape index (κ3) is 3.22. The van der Waals surface area contributed by atoms with Gasteiger partial charge in [0.05, 0.1) is 6.10 Å². The summed E-state index contributed by atoms with van der Waals surface area (Å²) in [6.45, 7) is 2.68. The highest BCUT2D eigenvalue weighted by Crippen LogP contribution is 2.26. The molecule has 0 amide bonds. The average Bonchev–Trinajstić information content (AvgIpc) is 2.95. The summed E-state index contributed by atoms with van der Waals surface area (Å²) in [6, 6.07) is 3.70. The Morgan fingerprint density at radius 3 is 2.90 bits per heavy atom. The van der Waals surface area contributed by atoms with E-state index in [-0.39, 0.29) is 0 Å². The highest BCUT2D eigenvalue weighted by molar-refractivity contribution is 5.50. The molecule has 20 heavy (non-hydrogen) atoms. The second-order valence-corrected chi connectivity index (χ2v) is 5.44. The molecule has 0 saturated heterocycles. The molecule has 5 nitrogen and oxygen atoms in total. The Morgan fingerprint density at radius 2 is 2.10 bits per heavy atom. The lowest BCUT2D eigenvalue weighted by molar-refractivity contribution is -0.00444. The van der Waals surface area contributed by atoms with Crippen molar-refractivity contribution in [3.8, 4) is 11.5 Å². The SMILES string of the molecule is C[C@@H]1CCC[C@@H](OCc2nnc(-c3ccncc3)o2)C1. The summed E-state index contributed by atoms with van der Waals surface area (Å²) >= 11 is 0. The van der Waals surface area contributed by atoms with E-state index in [1.165, 1.54) is 12.8 Å². The van der Waals surface area contributed by atoms with Crippen molar-refractivity contribution in [3.05, 3.63) is 30.4 Å². The number of pyridine rings is 1. The normalized spacial score (nSPS) is 22.9. The van der Waals surface area contributed by atoms with Crippen molar-refractivity contribution in [1.29, 1.82) is 0 Å². The maximum absolute atomic E-state index is 5.88. The summed E-state index contributed by atoms with van der Waals surface area (Å²) in [5, 5.41) is 8.07. The maximum Gasteiger partial charge on any atom is 0.247 e. The molecule has 0 aromatic carbocycles. The lowest BCUT2D eigenvalue weighted by Crippen LogP contribution is -2.21. The Labute approximate surface area is 118 Å². The second kappa shape index (κ2) is 6.13. The molecule has 2 atom stereocenters. The predicted octanol–water partition coefficient (Wildman–Crippen LogP) is 3.23. The lowest BCUT2D eigenvalue weighted by Gasteiger charge is -2.26. The maximum atomic E-state index is 5.88. The molecule has 0 radical (unpaired) electrons. The van der Waals surface area contributed by atoms with Gasteiger partial charge in [-0.05, 0) is 30.9 Å². The first-order valence-corrected chi connectivity index (χ1v) is 7.15. The fraction of sp³-hybridized carbons (Fsp3) is 0.533. The average molecular weight is 273 g/mol. The highest BCUT2D eigenvalue weighted by atomic mass is 16.5. The minimum atomic E-state index is 0.329. The molecule has 0 N–H and O–H groups in total. The third-order valence-electron chi connectivity index (χ3n) is 3.72. The smallest absolute Gasteiger partial charge is 0.247 e. The van der Waals surface area contributed by atoms with Gasteiger partial charge < -0.3 is 9.15 Å². The molecule has 1 aliphatic rings. The number of aromatic nitrogens is 3. The van der Waals surface area contributed by atoms with Crippen LogP contribution in [0.4, 0.5) is 0 Å². The van der Waals surface area contributed by atoms with Gasteiger partial charge in [0.15, 0.2) is 0 Å². The van der Waals surface area contributed by atoms with Crippen LogP contribution in [0.2, 0.25) is 0 Å². The van der Waals surface area contributed by atoms with E-state index in [9.17, 15) is 0 Å². The highest BCUT2D eigenvalue weighted by Gasteiger charge is 2.20. The van der Waals surface area contributed by atoms with E-state index in [0.29, 0.717) is 24.5 Å². The van der Waals surface area contributed by atoms with Crippen molar-refractivity contribution in [2.24, 2.45) is 5.92 Å². The Morgan fingerprint density at radius 1 is 1.25 bits per heavy atom. The first-order valence-electron chi connectivity index (χ1n) is 7.15. The van der Waals surface area contributed by atoms with Gasteiger partial charge in [-0.2, -0.15) is 0 Å². The molecule has 0 spiro atoms. The standard InChI is InChI=1S/C15H19N3O2/c1-11-3-2-4-13(9-11)19-10-14-17-18-15(20-14)12-5-7-16-8-6-12/h5-8,11,13H,2-4,9-10H2,1H3/t11-,13-/m1/s1. The summed E-state index contributed by atoms with van der Waals surface area (Å²) < 4.78 is 11.5. The molecule has 0 unspecified atom stereocenters. The van der Waals surface area contributed by atoms with Crippen molar-refractivity contribution in [2.45, 2.75) is 45.3 Å². The molecule has 2 heterocycles. The molecule has 1 fully saturated rings. The summed E-state index contributed by atoms with van der Waals surface area (Å²) in [6.07, 6.45) is 8.57. The second-order valence-electron chi connectivity index (χ2n) is 5.44. The largest absolute Gasteiger partial charge is 0.418 e. The Hall–Kier alpha value is -1.75. The van der Waals surface area contributed by atoms with Crippen LogP contribution in [0.3, 0.4) is 0 Å². The number of hydrogen-bond donors (Lipinski definition) is 0. The van der Waals surface area contributed by atoms with Gasteiger partial charge in [-0.3, -0.25) is 4.98 Å². The fourth-order valence-electron chi connectivity index (χ4n) is 2.64. The number of nitrogens with zero attached hydrogens (tertiary/aromatic N) is 3. The van der Waals surface area contributed by atoms with Crippen molar-refractivity contribution < 1.29 is 9.15 Å². The molecule has 106 valence electrons. The van der Waals surface area contributed by atoms with E-state index in [4.69, 9.17) is 9.15 Å². The van der Waals surface area contributed by atoms with E-state index in [1.54, 1.807) is 12.4 Å². The molecule has 5 heteroatoms. The third-order valence-corrected chi connectivity index (χ3v) is 3.72. The molecular formula is C15H19N3O2. The van der Waals surface area contributed by atoms with Gasteiger partial charge in [-0.1, -0.05) is 19.8 Å². The quantitative estimate of drug-likeness (QED) is 0.855. The van der Waals surface area contributed by atoms with Crippen LogP contribution in [-0.2, 0) is 11.3 Å². The minimum absolute atomic E-state index is 0.329. The summed E-state index contributed by atoms with van der Waals surface area (Å²) in [5.74, 6) is 1.81. The van der Waals surface area contributed by atoms with Crippen LogP contribution in [-0.4, -0.2) is 21.3 Å².